The van der Waals surface area contributed by atoms with Gasteiger partial charge in [0.1, 0.15) is 0 Å². The van der Waals surface area contributed by atoms with E-state index < -0.39 is 10.0 Å². The van der Waals surface area contributed by atoms with Crippen molar-refractivity contribution >= 4 is 44.2 Å². The van der Waals surface area contributed by atoms with Crippen molar-refractivity contribution in [2.45, 2.75) is 11.8 Å². The molecule has 2 rings (SSSR count). The fraction of sp³-hybridized carbons (Fsp3) is 0.118. The molecule has 0 aliphatic carbocycles. The maximum Gasteiger partial charge on any atom is 0.255 e. The van der Waals surface area contributed by atoms with Crippen molar-refractivity contribution in [3.05, 3.63) is 57.2 Å². The highest BCUT2D eigenvalue weighted by molar-refractivity contribution is 14.1. The summed E-state index contributed by atoms with van der Waals surface area (Å²) in [6.07, 6.45) is 5.04. The van der Waals surface area contributed by atoms with Gasteiger partial charge in [-0.05, 0) is 71.5 Å². The molecule has 0 aromatic heterocycles. The van der Waals surface area contributed by atoms with E-state index in [1.807, 2.05) is 25.1 Å². The average Bonchev–Trinajstić information content (AvgIpc) is 2.56. The first-order chi connectivity index (χ1) is 11.3. The van der Waals surface area contributed by atoms with Gasteiger partial charge in [-0.1, -0.05) is 12.0 Å². The molecule has 2 aromatic carbocycles. The van der Waals surface area contributed by atoms with Crippen LogP contribution in [0.15, 0.2) is 47.4 Å². The van der Waals surface area contributed by atoms with E-state index in [0.29, 0.717) is 11.3 Å². The Labute approximate surface area is 155 Å². The van der Waals surface area contributed by atoms with E-state index in [-0.39, 0.29) is 17.3 Å². The number of carbonyl (C=O) groups is 1. The molecule has 0 fully saturated rings. The molecule has 7 heteroatoms. The van der Waals surface area contributed by atoms with Crippen LogP contribution < -0.4 is 10.0 Å². The van der Waals surface area contributed by atoms with Crippen molar-refractivity contribution < 1.29 is 13.2 Å². The van der Waals surface area contributed by atoms with Gasteiger partial charge in [-0.2, -0.15) is 4.72 Å². The van der Waals surface area contributed by atoms with E-state index in [0.717, 1.165) is 9.13 Å². The third kappa shape index (κ3) is 4.56. The summed E-state index contributed by atoms with van der Waals surface area (Å²) >= 11 is 2.20. The largest absolute Gasteiger partial charge is 0.322 e. The van der Waals surface area contributed by atoms with E-state index >= 15 is 0 Å². The van der Waals surface area contributed by atoms with Gasteiger partial charge in [0.05, 0.1) is 11.4 Å². The summed E-state index contributed by atoms with van der Waals surface area (Å²) in [5, 5.41) is 2.78. The minimum Gasteiger partial charge on any atom is -0.322 e. The van der Waals surface area contributed by atoms with Crippen LogP contribution in [0.3, 0.4) is 0 Å². The van der Waals surface area contributed by atoms with Gasteiger partial charge >= 0.3 is 0 Å². The number of hydrogen-bond acceptors (Lipinski definition) is 3. The zero-order valence-electron chi connectivity index (χ0n) is 12.8. The number of terminal acetylenes is 1. The lowest BCUT2D eigenvalue weighted by Crippen LogP contribution is -2.24. The van der Waals surface area contributed by atoms with Crippen molar-refractivity contribution in [1.29, 1.82) is 0 Å². The molecule has 0 bridgehead atoms. The monoisotopic (exact) mass is 454 g/mol. The predicted molar refractivity (Wildman–Crippen MR) is 102 cm³/mol. The van der Waals surface area contributed by atoms with Gasteiger partial charge in [0.25, 0.3) is 5.91 Å². The Morgan fingerprint density at radius 2 is 1.88 bits per heavy atom. The molecule has 0 atom stereocenters. The minimum absolute atomic E-state index is 0.0548. The highest BCUT2D eigenvalue weighted by Gasteiger charge is 2.14. The molecule has 1 amide bonds. The quantitative estimate of drug-likeness (QED) is 0.539. The van der Waals surface area contributed by atoms with Crippen LogP contribution in [0.25, 0.3) is 0 Å². The van der Waals surface area contributed by atoms with Gasteiger partial charge in [0, 0.05) is 14.8 Å². The molecule has 0 saturated heterocycles. The van der Waals surface area contributed by atoms with Crippen molar-refractivity contribution in [2.75, 3.05) is 11.9 Å². The number of aryl methyl sites for hydroxylation is 1. The summed E-state index contributed by atoms with van der Waals surface area (Å²) in [6.45, 7) is 1.90. The van der Waals surface area contributed by atoms with E-state index in [2.05, 4.69) is 38.6 Å². The number of carbonyl (C=O) groups excluding carboxylic acids is 1. The van der Waals surface area contributed by atoms with E-state index in [4.69, 9.17) is 6.42 Å². The Balaban J connectivity index is 2.14. The first kappa shape index (κ1) is 18.4. The lowest BCUT2D eigenvalue weighted by atomic mass is 10.2. The molecule has 0 heterocycles. The molecule has 24 heavy (non-hydrogen) atoms. The lowest BCUT2D eigenvalue weighted by Gasteiger charge is -2.08. The number of benzene rings is 2. The Morgan fingerprint density at radius 3 is 2.46 bits per heavy atom. The van der Waals surface area contributed by atoms with Gasteiger partial charge < -0.3 is 5.32 Å². The summed E-state index contributed by atoms with van der Waals surface area (Å²) in [5.41, 5.74) is 2.17. The Morgan fingerprint density at radius 1 is 1.21 bits per heavy atom. The molecule has 5 nitrogen and oxygen atoms in total. The summed E-state index contributed by atoms with van der Waals surface area (Å²) in [4.78, 5) is 12.3. The first-order valence-electron chi connectivity index (χ1n) is 6.94. The van der Waals surface area contributed by atoms with Crippen LogP contribution in [0.5, 0.6) is 0 Å². The van der Waals surface area contributed by atoms with Crippen molar-refractivity contribution in [3.63, 3.8) is 0 Å². The van der Waals surface area contributed by atoms with Crippen molar-refractivity contribution in [3.8, 4) is 12.3 Å². The first-order valence-corrected chi connectivity index (χ1v) is 9.50. The zero-order valence-corrected chi connectivity index (χ0v) is 15.8. The fourth-order valence-corrected chi connectivity index (χ4v) is 3.33. The topological polar surface area (TPSA) is 75.3 Å². The van der Waals surface area contributed by atoms with Crippen LogP contribution in [0.4, 0.5) is 5.69 Å². The third-order valence-electron chi connectivity index (χ3n) is 3.22. The summed E-state index contributed by atoms with van der Waals surface area (Å²) in [5.74, 6) is 1.89. The number of nitrogens with one attached hydrogen (secondary N) is 2. The molecular weight excluding hydrogens is 439 g/mol. The maximum atomic E-state index is 12.2. The number of sulfonamides is 1. The molecule has 0 radical (unpaired) electrons. The SMILES string of the molecule is C#CCNS(=O)(=O)c1ccc(C(=O)Nc2ccc(C)c(I)c2)cc1. The molecule has 124 valence electrons. The Hall–Kier alpha value is -1.89. The molecule has 0 spiro atoms. The van der Waals surface area contributed by atoms with Gasteiger partial charge in [-0.25, -0.2) is 8.42 Å². The number of anilines is 1. The van der Waals surface area contributed by atoms with E-state index in [1.165, 1.54) is 24.3 Å². The normalized spacial score (nSPS) is 10.9. The zero-order chi connectivity index (χ0) is 17.7. The summed E-state index contributed by atoms with van der Waals surface area (Å²) in [6, 6.07) is 11.3. The predicted octanol–water partition coefficient (Wildman–Crippen LogP) is 2.76. The average molecular weight is 454 g/mol. The molecule has 2 aromatic rings. The van der Waals surface area contributed by atoms with Crippen LogP contribution in [-0.4, -0.2) is 20.9 Å². The smallest absolute Gasteiger partial charge is 0.255 e. The van der Waals surface area contributed by atoms with Crippen LogP contribution in [0.2, 0.25) is 0 Å². The van der Waals surface area contributed by atoms with Crippen LogP contribution in [-0.2, 0) is 10.0 Å². The fourth-order valence-electron chi connectivity index (χ4n) is 1.88. The highest BCUT2D eigenvalue weighted by atomic mass is 127. The second kappa shape index (κ2) is 7.79. The van der Waals surface area contributed by atoms with E-state index in [9.17, 15) is 13.2 Å². The number of hydrogen-bond donors (Lipinski definition) is 2. The van der Waals surface area contributed by atoms with E-state index in [1.54, 1.807) is 0 Å². The Bertz CT molecular complexity index is 900. The van der Waals surface area contributed by atoms with Crippen molar-refractivity contribution in [2.24, 2.45) is 0 Å². The van der Waals surface area contributed by atoms with Crippen LogP contribution in [0.1, 0.15) is 15.9 Å². The lowest BCUT2D eigenvalue weighted by molar-refractivity contribution is 0.102. The van der Waals surface area contributed by atoms with Crippen molar-refractivity contribution in [1.82, 2.24) is 4.72 Å². The van der Waals surface area contributed by atoms with Gasteiger partial charge in [-0.3, -0.25) is 4.79 Å². The number of halogens is 1. The molecule has 0 aliphatic rings. The molecule has 0 unspecified atom stereocenters. The molecular formula is C17H15IN2O3S. The minimum atomic E-state index is -3.66. The number of amides is 1. The van der Waals surface area contributed by atoms with Crippen LogP contribution in [0, 0.1) is 22.8 Å². The summed E-state index contributed by atoms with van der Waals surface area (Å²) in [7, 11) is -3.66. The third-order valence-corrected chi connectivity index (χ3v) is 5.80. The van der Waals surface area contributed by atoms with Crippen LogP contribution >= 0.6 is 22.6 Å². The highest BCUT2D eigenvalue weighted by Crippen LogP contribution is 2.18. The molecule has 0 aliphatic heterocycles. The molecule has 0 saturated carbocycles. The number of rotatable bonds is 5. The van der Waals surface area contributed by atoms with Gasteiger partial charge in [0.2, 0.25) is 10.0 Å². The second-order valence-corrected chi connectivity index (χ2v) is 7.90. The standard InChI is InChI=1S/C17H15IN2O3S/c1-3-10-19-24(22,23)15-8-5-13(6-9-15)17(21)20-14-7-4-12(2)16(18)11-14/h1,4-9,11,19H,10H2,2H3,(H,20,21). The van der Waals surface area contributed by atoms with Gasteiger partial charge in [-0.15, -0.1) is 6.42 Å². The summed E-state index contributed by atoms with van der Waals surface area (Å²) < 4.78 is 27.2. The second-order valence-electron chi connectivity index (χ2n) is 4.97. The Kier molecular flexibility index (Phi) is 5.99. The molecule has 2 N–H and O–H groups in total. The maximum absolute atomic E-state index is 12.2. The van der Waals surface area contributed by atoms with Gasteiger partial charge in [0.15, 0.2) is 0 Å².